The van der Waals surface area contributed by atoms with E-state index in [4.69, 9.17) is 5.11 Å². The minimum Gasteiger partial charge on any atom is -0.481 e. The van der Waals surface area contributed by atoms with E-state index in [2.05, 4.69) is 19.2 Å². The van der Waals surface area contributed by atoms with Crippen LogP contribution in [0.3, 0.4) is 0 Å². The van der Waals surface area contributed by atoms with Crippen LogP contribution >= 0.6 is 0 Å². The van der Waals surface area contributed by atoms with E-state index in [9.17, 15) is 4.79 Å². The Morgan fingerprint density at radius 3 is 2.77 bits per heavy atom. The molecule has 78 valence electrons. The predicted molar refractivity (Wildman–Crippen MR) is 53.8 cm³/mol. The van der Waals surface area contributed by atoms with Crippen LogP contribution in [0.1, 0.15) is 39.5 Å². The maximum atomic E-state index is 10.2. The third-order valence-corrected chi connectivity index (χ3v) is 2.02. The molecule has 1 unspecified atom stereocenters. The molecule has 0 radical (unpaired) electrons. The molecule has 0 aromatic heterocycles. The molecular weight excluding hydrogens is 166 g/mol. The van der Waals surface area contributed by atoms with Gasteiger partial charge in [-0.2, -0.15) is 0 Å². The average Bonchev–Trinajstić information content (AvgIpc) is 2.03. The van der Waals surface area contributed by atoms with Crippen molar-refractivity contribution in [2.45, 2.75) is 39.5 Å². The molecule has 1 atom stereocenters. The first-order valence-electron chi connectivity index (χ1n) is 5.09. The molecule has 0 aliphatic carbocycles. The molecule has 13 heavy (non-hydrogen) atoms. The molecule has 0 fully saturated rings. The molecule has 0 saturated carbocycles. The maximum absolute atomic E-state index is 10.2. The Hall–Kier alpha value is -0.570. The molecule has 0 saturated heterocycles. The monoisotopic (exact) mass is 187 g/mol. The van der Waals surface area contributed by atoms with Crippen molar-refractivity contribution >= 4 is 5.97 Å². The Kier molecular flexibility index (Phi) is 7.69. The lowest BCUT2D eigenvalue weighted by atomic mass is 10.1. The number of hydrogen-bond acceptors (Lipinski definition) is 2. The smallest absolute Gasteiger partial charge is 0.303 e. The van der Waals surface area contributed by atoms with Crippen molar-refractivity contribution in [3.8, 4) is 0 Å². The van der Waals surface area contributed by atoms with E-state index in [0.29, 0.717) is 5.92 Å². The summed E-state index contributed by atoms with van der Waals surface area (Å²) in [7, 11) is 0. The molecule has 0 aromatic rings. The van der Waals surface area contributed by atoms with E-state index in [-0.39, 0.29) is 6.42 Å². The summed E-state index contributed by atoms with van der Waals surface area (Å²) in [6, 6.07) is 0. The summed E-state index contributed by atoms with van der Waals surface area (Å²) in [6.45, 7) is 6.22. The largest absolute Gasteiger partial charge is 0.481 e. The number of carboxylic acids is 1. The van der Waals surface area contributed by atoms with Gasteiger partial charge in [0.15, 0.2) is 0 Å². The van der Waals surface area contributed by atoms with Crippen LogP contribution in [0.2, 0.25) is 0 Å². The normalized spacial score (nSPS) is 12.8. The van der Waals surface area contributed by atoms with E-state index in [1.807, 2.05) is 0 Å². The highest BCUT2D eigenvalue weighted by Crippen LogP contribution is 2.02. The summed E-state index contributed by atoms with van der Waals surface area (Å²) in [6.07, 6.45) is 3.47. The minimum absolute atomic E-state index is 0.273. The Bertz CT molecular complexity index is 137. The molecule has 0 amide bonds. The number of aliphatic carboxylic acids is 1. The van der Waals surface area contributed by atoms with Gasteiger partial charge in [-0.3, -0.25) is 4.79 Å². The lowest BCUT2D eigenvalue weighted by molar-refractivity contribution is -0.137. The fourth-order valence-electron chi connectivity index (χ4n) is 1.31. The molecule has 0 aromatic carbocycles. The van der Waals surface area contributed by atoms with Crippen LogP contribution in [0.15, 0.2) is 0 Å². The number of nitrogens with one attached hydrogen (secondary N) is 1. The number of carboxylic acid groups (broad SMARTS) is 1. The van der Waals surface area contributed by atoms with Crippen LogP contribution in [0.4, 0.5) is 0 Å². The summed E-state index contributed by atoms with van der Waals surface area (Å²) in [5, 5.41) is 11.6. The zero-order valence-electron chi connectivity index (χ0n) is 8.68. The Labute approximate surface area is 80.5 Å². The van der Waals surface area contributed by atoms with E-state index in [1.165, 1.54) is 12.8 Å². The van der Waals surface area contributed by atoms with Crippen molar-refractivity contribution in [2.75, 3.05) is 13.1 Å². The van der Waals surface area contributed by atoms with Crippen molar-refractivity contribution in [2.24, 2.45) is 5.92 Å². The third-order valence-electron chi connectivity index (χ3n) is 2.02. The minimum atomic E-state index is -0.705. The van der Waals surface area contributed by atoms with Crippen LogP contribution in [0.5, 0.6) is 0 Å². The first-order valence-corrected chi connectivity index (χ1v) is 5.09. The second-order valence-corrected chi connectivity index (χ2v) is 3.60. The average molecular weight is 187 g/mol. The summed E-state index contributed by atoms with van der Waals surface area (Å²) >= 11 is 0. The molecule has 3 nitrogen and oxygen atoms in total. The van der Waals surface area contributed by atoms with Crippen LogP contribution in [0.25, 0.3) is 0 Å². The Morgan fingerprint density at radius 2 is 2.23 bits per heavy atom. The van der Waals surface area contributed by atoms with E-state index in [0.717, 1.165) is 19.5 Å². The van der Waals surface area contributed by atoms with Gasteiger partial charge in [0.05, 0.1) is 0 Å². The van der Waals surface area contributed by atoms with Gasteiger partial charge < -0.3 is 10.4 Å². The second-order valence-electron chi connectivity index (χ2n) is 3.60. The van der Waals surface area contributed by atoms with Crippen LogP contribution in [-0.4, -0.2) is 24.2 Å². The molecule has 0 rings (SSSR count). The molecule has 0 aliphatic rings. The first kappa shape index (κ1) is 12.4. The van der Waals surface area contributed by atoms with Crippen molar-refractivity contribution in [1.82, 2.24) is 5.32 Å². The molecule has 0 spiro atoms. The third kappa shape index (κ3) is 9.34. The molecule has 0 bridgehead atoms. The van der Waals surface area contributed by atoms with Crippen molar-refractivity contribution in [1.29, 1.82) is 0 Å². The van der Waals surface area contributed by atoms with Gasteiger partial charge in [0, 0.05) is 6.42 Å². The van der Waals surface area contributed by atoms with Gasteiger partial charge in [-0.1, -0.05) is 20.3 Å². The molecule has 0 aliphatic heterocycles. The zero-order valence-corrected chi connectivity index (χ0v) is 8.68. The van der Waals surface area contributed by atoms with Crippen LogP contribution < -0.4 is 5.32 Å². The summed E-state index contributed by atoms with van der Waals surface area (Å²) in [4.78, 5) is 10.2. The number of rotatable bonds is 8. The van der Waals surface area contributed by atoms with Gasteiger partial charge in [-0.15, -0.1) is 0 Å². The zero-order chi connectivity index (χ0) is 10.1. The predicted octanol–water partition coefficient (Wildman–Crippen LogP) is 1.88. The van der Waals surface area contributed by atoms with Crippen molar-refractivity contribution in [3.63, 3.8) is 0 Å². The van der Waals surface area contributed by atoms with Gasteiger partial charge in [0.25, 0.3) is 0 Å². The van der Waals surface area contributed by atoms with Crippen molar-refractivity contribution < 1.29 is 9.90 Å². The first-order chi connectivity index (χ1) is 6.16. The molecule has 2 N–H and O–H groups in total. The summed E-state index contributed by atoms with van der Waals surface area (Å²) in [5.41, 5.74) is 0. The van der Waals surface area contributed by atoms with Gasteiger partial charge in [-0.25, -0.2) is 0 Å². The lowest BCUT2D eigenvalue weighted by Crippen LogP contribution is -2.22. The van der Waals surface area contributed by atoms with E-state index < -0.39 is 5.97 Å². The topological polar surface area (TPSA) is 49.3 Å². The fraction of sp³-hybridized carbons (Fsp3) is 0.900. The van der Waals surface area contributed by atoms with Gasteiger partial charge in [0.1, 0.15) is 0 Å². The van der Waals surface area contributed by atoms with Crippen molar-refractivity contribution in [3.05, 3.63) is 0 Å². The van der Waals surface area contributed by atoms with E-state index >= 15 is 0 Å². The second kappa shape index (κ2) is 8.05. The quantitative estimate of drug-likeness (QED) is 0.570. The summed E-state index contributed by atoms with van der Waals surface area (Å²) in [5.74, 6) is -0.00163. The number of carbonyl (C=O) groups is 1. The summed E-state index contributed by atoms with van der Waals surface area (Å²) < 4.78 is 0. The highest BCUT2D eigenvalue weighted by molar-refractivity contribution is 5.66. The van der Waals surface area contributed by atoms with Gasteiger partial charge in [-0.05, 0) is 31.8 Å². The maximum Gasteiger partial charge on any atom is 0.303 e. The van der Waals surface area contributed by atoms with E-state index in [1.54, 1.807) is 0 Å². The fourth-order valence-corrected chi connectivity index (χ4v) is 1.31. The molecule has 0 heterocycles. The SMILES string of the molecule is CCCC(C)CNCCCC(=O)O. The highest BCUT2D eigenvalue weighted by Gasteiger charge is 2.00. The van der Waals surface area contributed by atoms with Gasteiger partial charge in [0.2, 0.25) is 0 Å². The van der Waals surface area contributed by atoms with Gasteiger partial charge >= 0.3 is 5.97 Å². The Balaban J connectivity index is 3.11. The standard InChI is InChI=1S/C10H21NO2/c1-3-5-9(2)8-11-7-4-6-10(12)13/h9,11H,3-8H2,1-2H3,(H,12,13). The van der Waals surface area contributed by atoms with Crippen LogP contribution in [-0.2, 0) is 4.79 Å². The lowest BCUT2D eigenvalue weighted by Gasteiger charge is -2.10. The number of hydrogen-bond donors (Lipinski definition) is 2. The van der Waals surface area contributed by atoms with Crippen LogP contribution in [0, 0.1) is 5.92 Å². The Morgan fingerprint density at radius 1 is 1.54 bits per heavy atom. The highest BCUT2D eigenvalue weighted by atomic mass is 16.4. The molecule has 3 heteroatoms. The molecular formula is C10H21NO2.